The lowest BCUT2D eigenvalue weighted by Crippen LogP contribution is -2.01. The summed E-state index contributed by atoms with van der Waals surface area (Å²) in [4.78, 5) is 21.0. The lowest BCUT2D eigenvalue weighted by atomic mass is 10.2. The third kappa shape index (κ3) is 3.27. The number of hydrogen-bond donors (Lipinski definition) is 1. The minimum absolute atomic E-state index is 0.0189. The second kappa shape index (κ2) is 5.75. The summed E-state index contributed by atoms with van der Waals surface area (Å²) in [5, 5.41) is 8.83. The Morgan fingerprint density at radius 2 is 2.06 bits per heavy atom. The number of benzene rings is 1. The van der Waals surface area contributed by atoms with Gasteiger partial charge in [-0.25, -0.2) is 4.79 Å². The first kappa shape index (κ1) is 12.0. The maximum atomic E-state index is 10.8. The van der Waals surface area contributed by atoms with Crippen LogP contribution in [0.1, 0.15) is 23.7 Å². The monoisotopic (exact) mass is 224 g/mol. The molecule has 0 aromatic heterocycles. The van der Waals surface area contributed by atoms with Crippen LogP contribution in [-0.4, -0.2) is 24.2 Å². The normalized spacial score (nSPS) is 9.56. The van der Waals surface area contributed by atoms with E-state index in [9.17, 15) is 9.59 Å². The molecule has 1 aromatic rings. The van der Waals surface area contributed by atoms with Crippen molar-refractivity contribution >= 4 is 12.4 Å². The van der Waals surface area contributed by atoms with Crippen LogP contribution in [0.25, 0.3) is 0 Å². The van der Waals surface area contributed by atoms with Gasteiger partial charge in [0.2, 0.25) is 0 Å². The SMILES string of the molecule is CCCOc1cc(OC=O)cc(C(=O)O)c1. The van der Waals surface area contributed by atoms with E-state index in [0.29, 0.717) is 12.4 Å². The van der Waals surface area contributed by atoms with Crippen LogP contribution in [0.3, 0.4) is 0 Å². The van der Waals surface area contributed by atoms with E-state index in [0.717, 1.165) is 6.42 Å². The van der Waals surface area contributed by atoms with Gasteiger partial charge in [0, 0.05) is 6.07 Å². The van der Waals surface area contributed by atoms with Crippen LogP contribution in [0.2, 0.25) is 0 Å². The Balaban J connectivity index is 2.98. The molecular formula is C11H12O5. The lowest BCUT2D eigenvalue weighted by Gasteiger charge is -2.07. The van der Waals surface area contributed by atoms with E-state index in [-0.39, 0.29) is 17.8 Å². The molecule has 1 rings (SSSR count). The van der Waals surface area contributed by atoms with Gasteiger partial charge >= 0.3 is 5.97 Å². The third-order valence-electron chi connectivity index (χ3n) is 1.78. The summed E-state index contributed by atoms with van der Waals surface area (Å²) >= 11 is 0. The zero-order chi connectivity index (χ0) is 12.0. The Morgan fingerprint density at radius 1 is 1.38 bits per heavy atom. The second-order valence-corrected chi connectivity index (χ2v) is 3.06. The van der Waals surface area contributed by atoms with Crippen LogP contribution in [0, 0.1) is 0 Å². The fourth-order valence-electron chi connectivity index (χ4n) is 1.12. The Kier molecular flexibility index (Phi) is 4.32. The average molecular weight is 224 g/mol. The zero-order valence-electron chi connectivity index (χ0n) is 8.80. The van der Waals surface area contributed by atoms with Crippen LogP contribution in [0.15, 0.2) is 18.2 Å². The molecule has 5 heteroatoms. The van der Waals surface area contributed by atoms with Gasteiger partial charge in [0.1, 0.15) is 11.5 Å². The predicted molar refractivity (Wildman–Crippen MR) is 55.9 cm³/mol. The average Bonchev–Trinajstić information content (AvgIpc) is 2.26. The summed E-state index contributed by atoms with van der Waals surface area (Å²) < 4.78 is 9.87. The third-order valence-corrected chi connectivity index (χ3v) is 1.78. The van der Waals surface area contributed by atoms with Crippen molar-refractivity contribution in [2.75, 3.05) is 6.61 Å². The molecule has 0 saturated heterocycles. The molecular weight excluding hydrogens is 212 g/mol. The predicted octanol–water partition coefficient (Wildman–Crippen LogP) is 1.71. The van der Waals surface area contributed by atoms with Gasteiger partial charge in [0.25, 0.3) is 6.47 Å². The molecule has 1 N–H and O–H groups in total. The highest BCUT2D eigenvalue weighted by atomic mass is 16.5. The van der Waals surface area contributed by atoms with E-state index in [1.54, 1.807) is 0 Å². The molecule has 16 heavy (non-hydrogen) atoms. The van der Waals surface area contributed by atoms with Crippen molar-refractivity contribution in [3.8, 4) is 11.5 Å². The molecule has 0 heterocycles. The van der Waals surface area contributed by atoms with Crippen molar-refractivity contribution < 1.29 is 24.2 Å². The molecule has 5 nitrogen and oxygen atoms in total. The Labute approximate surface area is 92.6 Å². The molecule has 0 bridgehead atoms. The largest absolute Gasteiger partial charge is 0.493 e. The fraction of sp³-hybridized carbons (Fsp3) is 0.273. The summed E-state index contributed by atoms with van der Waals surface area (Å²) in [6.07, 6.45) is 0.807. The molecule has 0 aliphatic carbocycles. The van der Waals surface area contributed by atoms with Crippen LogP contribution in [-0.2, 0) is 4.79 Å². The summed E-state index contributed by atoms with van der Waals surface area (Å²) in [5.41, 5.74) is 0.0189. The number of carboxylic acid groups (broad SMARTS) is 1. The van der Waals surface area contributed by atoms with Gasteiger partial charge in [-0.1, -0.05) is 6.92 Å². The topological polar surface area (TPSA) is 72.8 Å². The minimum Gasteiger partial charge on any atom is -0.493 e. The van der Waals surface area contributed by atoms with Crippen molar-refractivity contribution in [2.45, 2.75) is 13.3 Å². The molecule has 86 valence electrons. The van der Waals surface area contributed by atoms with Gasteiger partial charge < -0.3 is 14.6 Å². The standard InChI is InChI=1S/C11H12O5/c1-2-3-15-9-4-8(11(13)14)5-10(6-9)16-7-12/h4-7H,2-3H2,1H3,(H,13,14). The van der Waals surface area contributed by atoms with Crippen molar-refractivity contribution in [2.24, 2.45) is 0 Å². The van der Waals surface area contributed by atoms with Crippen molar-refractivity contribution in [3.63, 3.8) is 0 Å². The molecule has 0 unspecified atom stereocenters. The van der Waals surface area contributed by atoms with E-state index in [1.165, 1.54) is 18.2 Å². The van der Waals surface area contributed by atoms with Gasteiger partial charge in [-0.15, -0.1) is 0 Å². The molecule has 0 fully saturated rings. The maximum Gasteiger partial charge on any atom is 0.335 e. The number of hydrogen-bond acceptors (Lipinski definition) is 4. The van der Waals surface area contributed by atoms with E-state index in [1.807, 2.05) is 6.92 Å². The Bertz CT molecular complexity index is 386. The highest BCUT2D eigenvalue weighted by Crippen LogP contribution is 2.22. The molecule has 0 aliphatic rings. The number of rotatable bonds is 6. The smallest absolute Gasteiger partial charge is 0.335 e. The Hall–Kier alpha value is -2.04. The molecule has 0 amide bonds. The fourth-order valence-corrected chi connectivity index (χ4v) is 1.12. The molecule has 0 saturated carbocycles. The number of carbonyl (C=O) groups is 2. The van der Waals surface area contributed by atoms with Gasteiger partial charge in [-0.05, 0) is 18.6 Å². The molecule has 0 aliphatic heterocycles. The van der Waals surface area contributed by atoms with Crippen LogP contribution in [0.4, 0.5) is 0 Å². The first-order valence-corrected chi connectivity index (χ1v) is 4.79. The maximum absolute atomic E-state index is 10.8. The summed E-state index contributed by atoms with van der Waals surface area (Å²) in [5.74, 6) is -0.572. The molecule has 1 aromatic carbocycles. The summed E-state index contributed by atoms with van der Waals surface area (Å²) in [6, 6.07) is 4.11. The van der Waals surface area contributed by atoms with Gasteiger partial charge in [0.05, 0.1) is 12.2 Å². The lowest BCUT2D eigenvalue weighted by molar-refractivity contribution is -0.120. The van der Waals surface area contributed by atoms with Crippen LogP contribution < -0.4 is 9.47 Å². The van der Waals surface area contributed by atoms with Crippen molar-refractivity contribution in [1.82, 2.24) is 0 Å². The number of ether oxygens (including phenoxy) is 2. The van der Waals surface area contributed by atoms with E-state index < -0.39 is 5.97 Å². The number of carboxylic acids is 1. The van der Waals surface area contributed by atoms with Gasteiger partial charge in [-0.3, -0.25) is 4.79 Å². The Morgan fingerprint density at radius 3 is 2.62 bits per heavy atom. The van der Waals surface area contributed by atoms with E-state index >= 15 is 0 Å². The van der Waals surface area contributed by atoms with E-state index in [2.05, 4.69) is 4.74 Å². The quantitative estimate of drug-likeness (QED) is 0.744. The van der Waals surface area contributed by atoms with Gasteiger partial charge in [0.15, 0.2) is 0 Å². The van der Waals surface area contributed by atoms with Crippen LogP contribution >= 0.6 is 0 Å². The van der Waals surface area contributed by atoms with E-state index in [4.69, 9.17) is 9.84 Å². The van der Waals surface area contributed by atoms with Gasteiger partial charge in [-0.2, -0.15) is 0 Å². The highest BCUT2D eigenvalue weighted by Gasteiger charge is 2.08. The number of aromatic carboxylic acids is 1. The zero-order valence-corrected chi connectivity index (χ0v) is 8.80. The number of carbonyl (C=O) groups excluding carboxylic acids is 1. The molecule has 0 atom stereocenters. The van der Waals surface area contributed by atoms with Crippen molar-refractivity contribution in [3.05, 3.63) is 23.8 Å². The second-order valence-electron chi connectivity index (χ2n) is 3.06. The summed E-state index contributed by atoms with van der Waals surface area (Å²) in [7, 11) is 0. The molecule has 0 radical (unpaired) electrons. The van der Waals surface area contributed by atoms with Crippen LogP contribution in [0.5, 0.6) is 11.5 Å². The summed E-state index contributed by atoms with van der Waals surface area (Å²) in [6.45, 7) is 2.65. The first-order valence-electron chi connectivity index (χ1n) is 4.79. The molecule has 0 spiro atoms. The van der Waals surface area contributed by atoms with Crippen molar-refractivity contribution in [1.29, 1.82) is 0 Å². The minimum atomic E-state index is -1.10. The first-order chi connectivity index (χ1) is 7.67. The highest BCUT2D eigenvalue weighted by molar-refractivity contribution is 5.88.